The molecular formula is C12H22N2O3. The van der Waals surface area contributed by atoms with Crippen molar-refractivity contribution in [2.45, 2.75) is 44.9 Å². The van der Waals surface area contributed by atoms with Gasteiger partial charge < -0.3 is 19.7 Å². The van der Waals surface area contributed by atoms with Crippen molar-refractivity contribution < 1.29 is 14.3 Å². The van der Waals surface area contributed by atoms with Gasteiger partial charge in [-0.3, -0.25) is 0 Å². The summed E-state index contributed by atoms with van der Waals surface area (Å²) in [5.41, 5.74) is -0.633. The predicted octanol–water partition coefficient (Wildman–Crippen LogP) is 0.984. The van der Waals surface area contributed by atoms with Crippen molar-refractivity contribution in [3.8, 4) is 0 Å². The summed E-state index contributed by atoms with van der Waals surface area (Å²) in [7, 11) is 0. The van der Waals surface area contributed by atoms with E-state index in [1.807, 2.05) is 20.8 Å². The van der Waals surface area contributed by atoms with Gasteiger partial charge in [-0.2, -0.15) is 0 Å². The third kappa shape index (κ3) is 2.55. The SMILES string of the molecule is C[C@@H]1NCCOC12CN(C(=O)OC(C)(C)C)C2. The van der Waals surface area contributed by atoms with E-state index in [0.717, 1.165) is 6.54 Å². The largest absolute Gasteiger partial charge is 0.444 e. The summed E-state index contributed by atoms with van der Waals surface area (Å²) in [5.74, 6) is 0. The van der Waals surface area contributed by atoms with Gasteiger partial charge >= 0.3 is 6.09 Å². The number of nitrogens with one attached hydrogen (secondary N) is 1. The minimum atomic E-state index is -0.433. The van der Waals surface area contributed by atoms with Gasteiger partial charge in [0.25, 0.3) is 0 Å². The Bertz CT molecular complexity index is 305. The van der Waals surface area contributed by atoms with Crippen LogP contribution in [0.25, 0.3) is 0 Å². The number of nitrogens with zero attached hydrogens (tertiary/aromatic N) is 1. The van der Waals surface area contributed by atoms with Crippen LogP contribution in [0.1, 0.15) is 27.7 Å². The fourth-order valence-corrected chi connectivity index (χ4v) is 2.26. The van der Waals surface area contributed by atoms with Gasteiger partial charge in [0.2, 0.25) is 0 Å². The fourth-order valence-electron chi connectivity index (χ4n) is 2.26. The molecule has 2 fully saturated rings. The predicted molar refractivity (Wildman–Crippen MR) is 64.0 cm³/mol. The van der Waals surface area contributed by atoms with E-state index >= 15 is 0 Å². The first-order valence-corrected chi connectivity index (χ1v) is 6.18. The molecule has 2 rings (SSSR count). The van der Waals surface area contributed by atoms with E-state index < -0.39 is 5.60 Å². The number of likely N-dealkylation sites (tertiary alicyclic amines) is 1. The summed E-state index contributed by atoms with van der Waals surface area (Å²) in [6.45, 7) is 10.6. The van der Waals surface area contributed by atoms with E-state index in [1.165, 1.54) is 0 Å². The van der Waals surface area contributed by atoms with Crippen molar-refractivity contribution in [3.05, 3.63) is 0 Å². The molecule has 0 aromatic rings. The summed E-state index contributed by atoms with van der Waals surface area (Å²) in [5, 5.41) is 3.38. The van der Waals surface area contributed by atoms with Crippen LogP contribution in [0.15, 0.2) is 0 Å². The van der Waals surface area contributed by atoms with Crippen LogP contribution in [-0.4, -0.2) is 54.5 Å². The van der Waals surface area contributed by atoms with Gasteiger partial charge in [-0.1, -0.05) is 0 Å². The lowest BCUT2D eigenvalue weighted by atomic mass is 9.86. The number of hydrogen-bond donors (Lipinski definition) is 1. The third-order valence-electron chi connectivity index (χ3n) is 3.30. The highest BCUT2D eigenvalue weighted by atomic mass is 16.6. The van der Waals surface area contributed by atoms with Gasteiger partial charge in [0.1, 0.15) is 11.2 Å². The summed E-state index contributed by atoms with van der Waals surface area (Å²) in [6, 6.07) is 0.287. The first kappa shape index (κ1) is 12.6. The molecule has 17 heavy (non-hydrogen) atoms. The molecule has 0 bridgehead atoms. The van der Waals surface area contributed by atoms with Crippen LogP contribution in [0, 0.1) is 0 Å². The number of amides is 1. The number of ether oxygens (including phenoxy) is 2. The van der Waals surface area contributed by atoms with E-state index in [0.29, 0.717) is 19.7 Å². The van der Waals surface area contributed by atoms with Gasteiger partial charge in [-0.25, -0.2) is 4.79 Å². The van der Waals surface area contributed by atoms with Crippen LogP contribution in [0.5, 0.6) is 0 Å². The van der Waals surface area contributed by atoms with Crippen molar-refractivity contribution in [3.63, 3.8) is 0 Å². The fraction of sp³-hybridized carbons (Fsp3) is 0.917. The molecular weight excluding hydrogens is 220 g/mol. The average Bonchev–Trinajstić information content (AvgIpc) is 2.12. The molecule has 2 aliphatic heterocycles. The second-order valence-electron chi connectivity index (χ2n) is 5.93. The molecule has 1 atom stereocenters. The number of carbonyl (C=O) groups excluding carboxylic acids is 1. The number of carbonyl (C=O) groups is 1. The Morgan fingerprint density at radius 2 is 2.12 bits per heavy atom. The number of rotatable bonds is 0. The molecule has 5 nitrogen and oxygen atoms in total. The number of hydrogen-bond acceptors (Lipinski definition) is 4. The molecule has 2 saturated heterocycles. The van der Waals surface area contributed by atoms with E-state index in [4.69, 9.17) is 9.47 Å². The Kier molecular flexibility index (Phi) is 3.08. The third-order valence-corrected chi connectivity index (χ3v) is 3.30. The van der Waals surface area contributed by atoms with Crippen LogP contribution in [0.3, 0.4) is 0 Å². The smallest absolute Gasteiger partial charge is 0.410 e. The Labute approximate surface area is 102 Å². The molecule has 2 heterocycles. The monoisotopic (exact) mass is 242 g/mol. The van der Waals surface area contributed by atoms with Crippen LogP contribution in [0.2, 0.25) is 0 Å². The maximum Gasteiger partial charge on any atom is 0.410 e. The zero-order valence-electron chi connectivity index (χ0n) is 11.1. The molecule has 1 N–H and O–H groups in total. The molecule has 98 valence electrons. The van der Waals surface area contributed by atoms with E-state index in [9.17, 15) is 4.79 Å². The van der Waals surface area contributed by atoms with E-state index in [2.05, 4.69) is 12.2 Å². The normalized spacial score (nSPS) is 27.8. The zero-order valence-corrected chi connectivity index (χ0v) is 11.1. The van der Waals surface area contributed by atoms with E-state index in [-0.39, 0.29) is 17.7 Å². The lowest BCUT2D eigenvalue weighted by molar-refractivity contribution is -0.171. The van der Waals surface area contributed by atoms with E-state index in [1.54, 1.807) is 4.90 Å². The average molecular weight is 242 g/mol. The molecule has 0 aromatic carbocycles. The maximum atomic E-state index is 11.8. The second-order valence-corrected chi connectivity index (χ2v) is 5.93. The van der Waals surface area contributed by atoms with Crippen molar-refractivity contribution in [2.24, 2.45) is 0 Å². The Balaban J connectivity index is 1.87. The summed E-state index contributed by atoms with van der Waals surface area (Å²) >= 11 is 0. The first-order chi connectivity index (χ1) is 7.82. The minimum Gasteiger partial charge on any atom is -0.444 e. The first-order valence-electron chi connectivity index (χ1n) is 6.18. The lowest BCUT2D eigenvalue weighted by Crippen LogP contribution is -2.74. The standard InChI is InChI=1S/C12H22N2O3/c1-9-12(16-6-5-13-9)7-14(8-12)10(15)17-11(2,3)4/h9,13H,5-8H2,1-4H3/t9-/m0/s1. The quantitative estimate of drug-likeness (QED) is 0.688. The molecule has 0 aromatic heterocycles. The van der Waals surface area contributed by atoms with Crippen LogP contribution in [-0.2, 0) is 9.47 Å². The van der Waals surface area contributed by atoms with Crippen LogP contribution in [0.4, 0.5) is 4.79 Å². The maximum absolute atomic E-state index is 11.8. The van der Waals surface area contributed by atoms with Crippen LogP contribution < -0.4 is 5.32 Å². The topological polar surface area (TPSA) is 50.8 Å². The van der Waals surface area contributed by atoms with Gasteiger partial charge in [-0.05, 0) is 27.7 Å². The number of morpholine rings is 1. The van der Waals surface area contributed by atoms with Crippen molar-refractivity contribution in [2.75, 3.05) is 26.2 Å². The van der Waals surface area contributed by atoms with Gasteiger partial charge in [0.15, 0.2) is 0 Å². The Morgan fingerprint density at radius 3 is 2.65 bits per heavy atom. The Morgan fingerprint density at radius 1 is 1.47 bits per heavy atom. The molecule has 0 unspecified atom stereocenters. The van der Waals surface area contributed by atoms with Crippen molar-refractivity contribution in [1.29, 1.82) is 0 Å². The van der Waals surface area contributed by atoms with Gasteiger partial charge in [0, 0.05) is 12.6 Å². The molecule has 5 heteroatoms. The molecule has 2 aliphatic rings. The van der Waals surface area contributed by atoms with Crippen LogP contribution >= 0.6 is 0 Å². The Hall–Kier alpha value is -0.810. The highest BCUT2D eigenvalue weighted by Gasteiger charge is 2.52. The summed E-state index contributed by atoms with van der Waals surface area (Å²) in [4.78, 5) is 13.5. The summed E-state index contributed by atoms with van der Waals surface area (Å²) < 4.78 is 11.1. The summed E-state index contributed by atoms with van der Waals surface area (Å²) in [6.07, 6.45) is -0.246. The molecule has 0 aliphatic carbocycles. The highest BCUT2D eigenvalue weighted by Crippen LogP contribution is 2.31. The van der Waals surface area contributed by atoms with Crippen molar-refractivity contribution >= 4 is 6.09 Å². The molecule has 1 amide bonds. The molecule has 0 radical (unpaired) electrons. The zero-order chi connectivity index (χ0) is 12.7. The van der Waals surface area contributed by atoms with Gasteiger partial charge in [-0.15, -0.1) is 0 Å². The van der Waals surface area contributed by atoms with Crippen molar-refractivity contribution in [1.82, 2.24) is 10.2 Å². The van der Waals surface area contributed by atoms with Gasteiger partial charge in [0.05, 0.1) is 19.7 Å². The minimum absolute atomic E-state index is 0.199. The lowest BCUT2D eigenvalue weighted by Gasteiger charge is -2.54. The molecule has 0 saturated carbocycles. The highest BCUT2D eigenvalue weighted by molar-refractivity contribution is 5.69. The molecule has 1 spiro atoms. The second kappa shape index (κ2) is 4.14.